The fourth-order valence-electron chi connectivity index (χ4n) is 2.86. The van der Waals surface area contributed by atoms with E-state index in [-0.39, 0.29) is 5.91 Å². The smallest absolute Gasteiger partial charge is 0.224 e. The third-order valence-electron chi connectivity index (χ3n) is 4.31. The van der Waals surface area contributed by atoms with Crippen molar-refractivity contribution in [1.29, 1.82) is 0 Å². The van der Waals surface area contributed by atoms with E-state index in [0.717, 1.165) is 43.9 Å². The van der Waals surface area contributed by atoms with Gasteiger partial charge in [-0.15, -0.1) is 11.3 Å². The second kappa shape index (κ2) is 9.22. The minimum absolute atomic E-state index is 0.0238. The number of carbonyl (C=O) groups excluding carboxylic acids is 1. The fraction of sp³-hybridized carbons (Fsp3) is 0.273. The van der Waals surface area contributed by atoms with Crippen LogP contribution in [0, 0.1) is 20.8 Å². The summed E-state index contributed by atoms with van der Waals surface area (Å²) in [6.45, 7) is 6.38. The number of rotatable bonds is 7. The van der Waals surface area contributed by atoms with E-state index in [2.05, 4.69) is 10.3 Å². The SMILES string of the molecule is Cc1nc(-c2ccc(NC(=O)CCCOc3cc(C)c(Cl)c(C)c3)cc2)cs1. The van der Waals surface area contributed by atoms with Crippen LogP contribution in [-0.2, 0) is 4.79 Å². The number of nitrogens with one attached hydrogen (secondary N) is 1. The van der Waals surface area contributed by atoms with Crippen LogP contribution in [-0.4, -0.2) is 17.5 Å². The van der Waals surface area contributed by atoms with Gasteiger partial charge in [0, 0.05) is 28.1 Å². The van der Waals surface area contributed by atoms with Crippen LogP contribution < -0.4 is 10.1 Å². The Bertz CT molecular complexity index is 944. The fourth-order valence-corrected chi connectivity index (χ4v) is 3.59. The molecule has 2 aromatic carbocycles. The van der Waals surface area contributed by atoms with Gasteiger partial charge in [-0.1, -0.05) is 23.7 Å². The van der Waals surface area contributed by atoms with Crippen LogP contribution in [0.1, 0.15) is 29.0 Å². The number of hydrogen-bond donors (Lipinski definition) is 1. The van der Waals surface area contributed by atoms with Gasteiger partial charge in [-0.3, -0.25) is 4.79 Å². The Morgan fingerprint density at radius 2 is 1.82 bits per heavy atom. The second-order valence-electron chi connectivity index (χ2n) is 6.70. The molecule has 0 spiro atoms. The molecule has 0 bridgehead atoms. The molecular formula is C22H23ClN2O2S. The molecule has 0 radical (unpaired) electrons. The van der Waals surface area contributed by atoms with Crippen molar-refractivity contribution in [2.24, 2.45) is 0 Å². The standard InChI is InChI=1S/C22H23ClN2O2S/c1-14-11-19(12-15(2)22(14)23)27-10-4-5-21(26)25-18-8-6-17(7-9-18)20-13-28-16(3)24-20/h6-9,11-13H,4-5,10H2,1-3H3,(H,25,26). The molecule has 6 heteroatoms. The first kappa shape index (κ1) is 20.4. The average molecular weight is 415 g/mol. The highest BCUT2D eigenvalue weighted by Crippen LogP contribution is 2.26. The quantitative estimate of drug-likeness (QED) is 0.469. The number of nitrogens with zero attached hydrogens (tertiary/aromatic N) is 1. The Balaban J connectivity index is 1.44. The molecule has 1 aromatic heterocycles. The molecular weight excluding hydrogens is 392 g/mol. The molecule has 1 amide bonds. The van der Waals surface area contributed by atoms with Crippen molar-refractivity contribution < 1.29 is 9.53 Å². The summed E-state index contributed by atoms with van der Waals surface area (Å²) >= 11 is 7.79. The molecule has 0 fully saturated rings. The summed E-state index contributed by atoms with van der Waals surface area (Å²) in [4.78, 5) is 16.6. The lowest BCUT2D eigenvalue weighted by atomic mass is 10.1. The zero-order valence-electron chi connectivity index (χ0n) is 16.2. The summed E-state index contributed by atoms with van der Waals surface area (Å²) < 4.78 is 5.75. The molecule has 0 atom stereocenters. The second-order valence-corrected chi connectivity index (χ2v) is 8.14. The maximum absolute atomic E-state index is 12.1. The van der Waals surface area contributed by atoms with Crippen molar-refractivity contribution in [2.75, 3.05) is 11.9 Å². The molecule has 0 aliphatic rings. The highest BCUT2D eigenvalue weighted by molar-refractivity contribution is 7.09. The third-order valence-corrected chi connectivity index (χ3v) is 5.68. The molecule has 28 heavy (non-hydrogen) atoms. The van der Waals surface area contributed by atoms with Crippen LogP contribution in [0.25, 0.3) is 11.3 Å². The van der Waals surface area contributed by atoms with Crippen molar-refractivity contribution in [1.82, 2.24) is 4.98 Å². The molecule has 4 nitrogen and oxygen atoms in total. The van der Waals surface area contributed by atoms with Crippen LogP contribution in [0.15, 0.2) is 41.8 Å². The Morgan fingerprint density at radius 1 is 1.14 bits per heavy atom. The van der Waals surface area contributed by atoms with Gasteiger partial charge in [-0.05, 0) is 62.6 Å². The normalized spacial score (nSPS) is 10.7. The zero-order chi connectivity index (χ0) is 20.1. The molecule has 0 aliphatic heterocycles. The number of ether oxygens (including phenoxy) is 1. The van der Waals surface area contributed by atoms with Gasteiger partial charge < -0.3 is 10.1 Å². The largest absolute Gasteiger partial charge is 0.494 e. The predicted molar refractivity (Wildman–Crippen MR) is 117 cm³/mol. The maximum Gasteiger partial charge on any atom is 0.224 e. The summed E-state index contributed by atoms with van der Waals surface area (Å²) in [7, 11) is 0. The van der Waals surface area contributed by atoms with Crippen LogP contribution in [0.5, 0.6) is 5.75 Å². The van der Waals surface area contributed by atoms with Gasteiger partial charge >= 0.3 is 0 Å². The number of aryl methyl sites for hydroxylation is 3. The summed E-state index contributed by atoms with van der Waals surface area (Å²) in [5, 5.41) is 6.76. The monoisotopic (exact) mass is 414 g/mol. The Labute approximate surface area is 174 Å². The molecule has 0 unspecified atom stereocenters. The molecule has 1 N–H and O–H groups in total. The number of benzene rings is 2. The van der Waals surface area contributed by atoms with E-state index in [0.29, 0.717) is 19.4 Å². The first-order chi connectivity index (χ1) is 13.4. The maximum atomic E-state index is 12.1. The number of amides is 1. The summed E-state index contributed by atoms with van der Waals surface area (Å²) in [6.07, 6.45) is 1.04. The minimum Gasteiger partial charge on any atom is -0.494 e. The van der Waals surface area contributed by atoms with Crippen molar-refractivity contribution in [3.05, 3.63) is 62.9 Å². The molecule has 1 heterocycles. The van der Waals surface area contributed by atoms with Crippen LogP contribution in [0.4, 0.5) is 5.69 Å². The average Bonchev–Trinajstić information content (AvgIpc) is 3.10. The number of anilines is 1. The Kier molecular flexibility index (Phi) is 6.70. The Hall–Kier alpha value is -2.37. The van der Waals surface area contributed by atoms with E-state index in [1.54, 1.807) is 11.3 Å². The van der Waals surface area contributed by atoms with Gasteiger partial charge in [0.1, 0.15) is 5.75 Å². The topological polar surface area (TPSA) is 51.2 Å². The van der Waals surface area contributed by atoms with Crippen LogP contribution >= 0.6 is 22.9 Å². The number of carbonyl (C=O) groups is 1. The number of thiazole rings is 1. The van der Waals surface area contributed by atoms with Gasteiger partial charge in [0.05, 0.1) is 17.3 Å². The van der Waals surface area contributed by atoms with Crippen LogP contribution in [0.3, 0.4) is 0 Å². The first-order valence-corrected chi connectivity index (χ1v) is 10.4. The lowest BCUT2D eigenvalue weighted by Crippen LogP contribution is -2.12. The lowest BCUT2D eigenvalue weighted by Gasteiger charge is -2.10. The van der Waals surface area contributed by atoms with E-state index in [4.69, 9.17) is 16.3 Å². The van der Waals surface area contributed by atoms with Crippen molar-refractivity contribution in [2.45, 2.75) is 33.6 Å². The third kappa shape index (κ3) is 5.33. The molecule has 0 saturated carbocycles. The number of aromatic nitrogens is 1. The van der Waals surface area contributed by atoms with Crippen LogP contribution in [0.2, 0.25) is 5.02 Å². The summed E-state index contributed by atoms with van der Waals surface area (Å²) in [6, 6.07) is 11.6. The van der Waals surface area contributed by atoms with E-state index in [1.807, 2.05) is 62.5 Å². The summed E-state index contributed by atoms with van der Waals surface area (Å²) in [5.74, 6) is 0.761. The highest BCUT2D eigenvalue weighted by atomic mass is 35.5. The van der Waals surface area contributed by atoms with Gasteiger partial charge in [0.15, 0.2) is 0 Å². The van der Waals surface area contributed by atoms with Gasteiger partial charge in [-0.25, -0.2) is 4.98 Å². The van der Waals surface area contributed by atoms with Crippen molar-refractivity contribution in [3.8, 4) is 17.0 Å². The van der Waals surface area contributed by atoms with E-state index >= 15 is 0 Å². The van der Waals surface area contributed by atoms with E-state index in [1.165, 1.54) is 0 Å². The zero-order valence-corrected chi connectivity index (χ0v) is 17.8. The van der Waals surface area contributed by atoms with Crippen molar-refractivity contribution >= 4 is 34.5 Å². The van der Waals surface area contributed by atoms with Gasteiger partial charge in [0.25, 0.3) is 0 Å². The molecule has 0 saturated heterocycles. The number of halogens is 1. The van der Waals surface area contributed by atoms with E-state index < -0.39 is 0 Å². The predicted octanol–water partition coefficient (Wildman–Crippen LogP) is 6.19. The lowest BCUT2D eigenvalue weighted by molar-refractivity contribution is -0.116. The Morgan fingerprint density at radius 3 is 2.43 bits per heavy atom. The first-order valence-electron chi connectivity index (χ1n) is 9.14. The molecule has 146 valence electrons. The highest BCUT2D eigenvalue weighted by Gasteiger charge is 2.07. The molecule has 3 aromatic rings. The van der Waals surface area contributed by atoms with E-state index in [9.17, 15) is 4.79 Å². The summed E-state index contributed by atoms with van der Waals surface area (Å²) in [5.41, 5.74) is 4.77. The molecule has 3 rings (SSSR count). The van der Waals surface area contributed by atoms with Gasteiger partial charge in [0.2, 0.25) is 5.91 Å². The number of hydrogen-bond acceptors (Lipinski definition) is 4. The molecule has 0 aliphatic carbocycles. The van der Waals surface area contributed by atoms with Gasteiger partial charge in [-0.2, -0.15) is 0 Å². The minimum atomic E-state index is -0.0238. The van der Waals surface area contributed by atoms with Crippen molar-refractivity contribution in [3.63, 3.8) is 0 Å².